The number of carbonyl (C=O) groups excluding carboxylic acids is 2. The number of nitrogens with one attached hydrogen (secondary N) is 2. The third-order valence-electron chi connectivity index (χ3n) is 5.19. The number of amides is 2. The zero-order valence-corrected chi connectivity index (χ0v) is 17.8. The molecule has 1 saturated heterocycles. The highest BCUT2D eigenvalue weighted by atomic mass is 35.5. The van der Waals surface area contributed by atoms with Gasteiger partial charge in [0.25, 0.3) is 11.8 Å². The number of likely N-dealkylation sites (tertiary alicyclic amines) is 1. The minimum absolute atomic E-state index is 0. The molecule has 7 nitrogen and oxygen atoms in total. The summed E-state index contributed by atoms with van der Waals surface area (Å²) in [5, 5.41) is 5.88. The highest BCUT2D eigenvalue weighted by Gasteiger charge is 2.28. The first-order valence-electron chi connectivity index (χ1n) is 9.86. The van der Waals surface area contributed by atoms with Gasteiger partial charge in [0.2, 0.25) is 0 Å². The van der Waals surface area contributed by atoms with E-state index in [4.69, 9.17) is 0 Å². The van der Waals surface area contributed by atoms with Crippen LogP contribution < -0.4 is 10.6 Å². The predicted molar refractivity (Wildman–Crippen MR) is 114 cm³/mol. The van der Waals surface area contributed by atoms with Crippen molar-refractivity contribution in [2.75, 3.05) is 26.7 Å². The molecule has 0 radical (unpaired) electrons. The van der Waals surface area contributed by atoms with Crippen LogP contribution in [0.2, 0.25) is 0 Å². The van der Waals surface area contributed by atoms with Crippen molar-refractivity contribution in [3.8, 4) is 0 Å². The Hall–Kier alpha value is -2.58. The van der Waals surface area contributed by atoms with Gasteiger partial charge < -0.3 is 15.5 Å². The number of benzene rings is 1. The summed E-state index contributed by atoms with van der Waals surface area (Å²) in [7, 11) is 1.94. The van der Waals surface area contributed by atoms with Crippen LogP contribution in [0.25, 0.3) is 0 Å². The number of nitrogens with zero attached hydrogens (tertiary/aromatic N) is 3. The molecule has 0 aliphatic carbocycles. The first-order valence-corrected chi connectivity index (χ1v) is 9.86. The molecular formula is C21H27ClFN5O2. The van der Waals surface area contributed by atoms with Crippen molar-refractivity contribution in [1.29, 1.82) is 0 Å². The van der Waals surface area contributed by atoms with Crippen LogP contribution >= 0.6 is 12.4 Å². The molecule has 1 aliphatic heterocycles. The van der Waals surface area contributed by atoms with Crippen LogP contribution in [0.4, 0.5) is 4.39 Å². The van der Waals surface area contributed by atoms with Gasteiger partial charge in [-0.2, -0.15) is 0 Å². The van der Waals surface area contributed by atoms with Crippen LogP contribution in [0.5, 0.6) is 0 Å². The van der Waals surface area contributed by atoms with Crippen LogP contribution in [-0.2, 0) is 6.54 Å². The maximum Gasteiger partial charge on any atom is 0.274 e. The Kier molecular flexibility index (Phi) is 9.14. The number of carbonyl (C=O) groups is 2. The molecule has 9 heteroatoms. The van der Waals surface area contributed by atoms with E-state index in [0.29, 0.717) is 19.0 Å². The minimum atomic E-state index is -0.477. The van der Waals surface area contributed by atoms with Crippen molar-refractivity contribution in [3.05, 3.63) is 59.4 Å². The minimum Gasteiger partial charge on any atom is -0.347 e. The second-order valence-electron chi connectivity index (χ2n) is 7.19. The van der Waals surface area contributed by atoms with Gasteiger partial charge in [0.05, 0.1) is 0 Å². The topological polar surface area (TPSA) is 87.2 Å². The molecule has 0 unspecified atom stereocenters. The average molecular weight is 436 g/mol. The number of hydrogen-bond acceptors (Lipinski definition) is 5. The molecule has 0 saturated carbocycles. The summed E-state index contributed by atoms with van der Waals surface area (Å²) < 4.78 is 13.0. The maximum absolute atomic E-state index is 13.0. The van der Waals surface area contributed by atoms with E-state index >= 15 is 0 Å². The molecule has 0 bridgehead atoms. The van der Waals surface area contributed by atoms with Gasteiger partial charge in [-0.05, 0) is 56.5 Å². The van der Waals surface area contributed by atoms with E-state index in [9.17, 15) is 14.0 Å². The van der Waals surface area contributed by atoms with E-state index < -0.39 is 5.91 Å². The molecule has 1 fully saturated rings. The standard InChI is InChI=1S/C21H26FN5O2.ClH/c1-23-9-6-15-7-12-27(13-8-15)21(29)19-18(24-10-11-25-19)20(28)26-14-16-2-4-17(22)5-3-16;/h2-5,10-11,15,23H,6-9,12-14H2,1H3,(H,26,28);1H. The lowest BCUT2D eigenvalue weighted by Gasteiger charge is -2.32. The summed E-state index contributed by atoms with van der Waals surface area (Å²) in [6.07, 6.45) is 5.80. The molecule has 1 aromatic heterocycles. The molecule has 2 aromatic rings. The van der Waals surface area contributed by atoms with Gasteiger partial charge in [-0.1, -0.05) is 12.1 Å². The van der Waals surface area contributed by atoms with Crippen LogP contribution in [0.15, 0.2) is 36.7 Å². The van der Waals surface area contributed by atoms with Crippen molar-refractivity contribution in [2.24, 2.45) is 5.92 Å². The molecule has 0 atom stereocenters. The summed E-state index contributed by atoms with van der Waals surface area (Å²) in [6.45, 7) is 2.49. The summed E-state index contributed by atoms with van der Waals surface area (Å²) in [5.74, 6) is -0.477. The fraction of sp³-hybridized carbons (Fsp3) is 0.429. The number of aromatic nitrogens is 2. The lowest BCUT2D eigenvalue weighted by atomic mass is 9.93. The van der Waals surface area contributed by atoms with Gasteiger partial charge >= 0.3 is 0 Å². The van der Waals surface area contributed by atoms with E-state index in [1.165, 1.54) is 24.5 Å². The van der Waals surface area contributed by atoms with E-state index in [1.807, 2.05) is 7.05 Å². The van der Waals surface area contributed by atoms with Crippen LogP contribution in [0, 0.1) is 11.7 Å². The highest BCUT2D eigenvalue weighted by Crippen LogP contribution is 2.21. The molecule has 2 N–H and O–H groups in total. The molecule has 1 aromatic carbocycles. The van der Waals surface area contributed by atoms with E-state index in [1.54, 1.807) is 17.0 Å². The normalized spacial score (nSPS) is 14.1. The zero-order chi connectivity index (χ0) is 20.6. The molecule has 2 heterocycles. The SMILES string of the molecule is CNCCC1CCN(C(=O)c2nccnc2C(=O)NCc2ccc(F)cc2)CC1.Cl. The fourth-order valence-electron chi connectivity index (χ4n) is 3.45. The molecule has 0 spiro atoms. The molecule has 2 amide bonds. The Morgan fingerprint density at radius 3 is 2.37 bits per heavy atom. The van der Waals surface area contributed by atoms with Gasteiger partial charge in [-0.25, -0.2) is 14.4 Å². The zero-order valence-electron chi connectivity index (χ0n) is 16.9. The van der Waals surface area contributed by atoms with Crippen molar-refractivity contribution in [2.45, 2.75) is 25.8 Å². The van der Waals surface area contributed by atoms with Crippen LogP contribution in [-0.4, -0.2) is 53.4 Å². The fourth-order valence-corrected chi connectivity index (χ4v) is 3.45. The first kappa shape index (κ1) is 23.7. The third-order valence-corrected chi connectivity index (χ3v) is 5.19. The smallest absolute Gasteiger partial charge is 0.274 e. The summed E-state index contributed by atoms with van der Waals surface area (Å²) in [6, 6.07) is 5.85. The average Bonchev–Trinajstić information content (AvgIpc) is 2.77. The van der Waals surface area contributed by atoms with Crippen LogP contribution in [0.3, 0.4) is 0 Å². The molecule has 162 valence electrons. The quantitative estimate of drug-likeness (QED) is 0.697. The Morgan fingerprint density at radius 1 is 1.10 bits per heavy atom. The molecule has 3 rings (SSSR count). The molecule has 1 aliphatic rings. The number of hydrogen-bond donors (Lipinski definition) is 2. The maximum atomic E-state index is 13.0. The van der Waals surface area contributed by atoms with Crippen molar-refractivity contribution < 1.29 is 14.0 Å². The van der Waals surface area contributed by atoms with Gasteiger partial charge in [-0.15, -0.1) is 12.4 Å². The Balaban J connectivity index is 0.00000320. The Morgan fingerprint density at radius 2 is 1.73 bits per heavy atom. The second kappa shape index (κ2) is 11.6. The van der Waals surface area contributed by atoms with Crippen LogP contribution in [0.1, 0.15) is 45.8 Å². The van der Waals surface area contributed by atoms with Gasteiger partial charge in [0.1, 0.15) is 5.82 Å². The van der Waals surface area contributed by atoms with Crippen molar-refractivity contribution in [3.63, 3.8) is 0 Å². The van der Waals surface area contributed by atoms with E-state index in [2.05, 4.69) is 20.6 Å². The summed E-state index contributed by atoms with van der Waals surface area (Å²) >= 11 is 0. The van der Waals surface area contributed by atoms with Crippen molar-refractivity contribution >= 4 is 24.2 Å². The van der Waals surface area contributed by atoms with Crippen molar-refractivity contribution in [1.82, 2.24) is 25.5 Å². The van der Waals surface area contributed by atoms with E-state index in [-0.39, 0.29) is 42.1 Å². The lowest BCUT2D eigenvalue weighted by molar-refractivity contribution is 0.0675. The number of halogens is 2. The first-order chi connectivity index (χ1) is 14.1. The lowest BCUT2D eigenvalue weighted by Crippen LogP contribution is -2.40. The number of piperidine rings is 1. The molecular weight excluding hydrogens is 409 g/mol. The van der Waals surface area contributed by atoms with Gasteiger partial charge in [0, 0.05) is 32.0 Å². The largest absolute Gasteiger partial charge is 0.347 e. The predicted octanol–water partition coefficient (Wildman–Crippen LogP) is 2.43. The van der Waals surface area contributed by atoms with Gasteiger partial charge in [0.15, 0.2) is 11.4 Å². The summed E-state index contributed by atoms with van der Waals surface area (Å²) in [4.78, 5) is 35.5. The highest BCUT2D eigenvalue weighted by molar-refractivity contribution is 6.04. The van der Waals surface area contributed by atoms with Gasteiger partial charge in [-0.3, -0.25) is 9.59 Å². The van der Waals surface area contributed by atoms with E-state index in [0.717, 1.165) is 31.4 Å². The third kappa shape index (κ3) is 6.21. The second-order valence-corrected chi connectivity index (χ2v) is 7.19. The number of rotatable bonds is 7. The Labute approximate surface area is 181 Å². The summed E-state index contributed by atoms with van der Waals surface area (Å²) in [5.41, 5.74) is 0.829. The monoisotopic (exact) mass is 435 g/mol. The Bertz CT molecular complexity index is 842. The molecule has 30 heavy (non-hydrogen) atoms.